The van der Waals surface area contributed by atoms with Gasteiger partial charge in [0.05, 0.1) is 6.61 Å². The van der Waals surface area contributed by atoms with Gasteiger partial charge < -0.3 is 10.5 Å². The molecule has 0 radical (unpaired) electrons. The lowest BCUT2D eigenvalue weighted by molar-refractivity contribution is 0.155. The van der Waals surface area contributed by atoms with Gasteiger partial charge in [0.2, 0.25) is 0 Å². The van der Waals surface area contributed by atoms with E-state index in [9.17, 15) is 13.2 Å². The van der Waals surface area contributed by atoms with Gasteiger partial charge in [-0.2, -0.15) is 12.7 Å². The molecule has 0 aliphatic heterocycles. The van der Waals surface area contributed by atoms with Gasteiger partial charge in [0.25, 0.3) is 0 Å². The monoisotopic (exact) mass is 307 g/mol. The summed E-state index contributed by atoms with van der Waals surface area (Å²) in [6.07, 6.45) is 2.81. The predicted octanol–water partition coefficient (Wildman–Crippen LogP) is 0.817. The van der Waals surface area contributed by atoms with Crippen LogP contribution >= 0.6 is 0 Å². The Balaban J connectivity index is 2.84. The third-order valence-corrected chi connectivity index (χ3v) is 5.22. The summed E-state index contributed by atoms with van der Waals surface area (Å²) in [7, 11) is -3.88. The molecular formula is C12H25N3O4S. The maximum absolute atomic E-state index is 12.3. The van der Waals surface area contributed by atoms with Crippen molar-refractivity contribution in [2.75, 3.05) is 19.7 Å². The molecule has 0 spiro atoms. The SMILES string of the molecule is CCOC(=O)NS(=O)(=O)N(CC)C1CCCCC1CN. The Labute approximate surface area is 121 Å². The van der Waals surface area contributed by atoms with E-state index < -0.39 is 16.3 Å². The van der Waals surface area contributed by atoms with E-state index in [1.165, 1.54) is 4.31 Å². The fourth-order valence-electron chi connectivity index (χ4n) is 2.75. The molecule has 2 unspecified atom stereocenters. The van der Waals surface area contributed by atoms with Crippen molar-refractivity contribution < 1.29 is 17.9 Å². The smallest absolute Gasteiger partial charge is 0.421 e. The summed E-state index contributed by atoms with van der Waals surface area (Å²) in [4.78, 5) is 11.3. The van der Waals surface area contributed by atoms with E-state index in [4.69, 9.17) is 5.73 Å². The molecule has 1 amide bonds. The van der Waals surface area contributed by atoms with Gasteiger partial charge in [-0.25, -0.2) is 9.52 Å². The van der Waals surface area contributed by atoms with Crippen LogP contribution in [-0.2, 0) is 14.9 Å². The number of carbonyl (C=O) groups is 1. The highest BCUT2D eigenvalue weighted by Crippen LogP contribution is 2.29. The number of ether oxygens (including phenoxy) is 1. The number of amides is 1. The molecule has 0 saturated heterocycles. The van der Waals surface area contributed by atoms with Gasteiger partial charge in [0.15, 0.2) is 0 Å². The summed E-state index contributed by atoms with van der Waals surface area (Å²) in [6.45, 7) is 4.26. The average Bonchev–Trinajstić information content (AvgIpc) is 2.39. The maximum atomic E-state index is 12.3. The minimum atomic E-state index is -3.88. The first-order valence-electron chi connectivity index (χ1n) is 7.12. The molecule has 0 aromatic rings. The van der Waals surface area contributed by atoms with E-state index in [0.717, 1.165) is 25.7 Å². The van der Waals surface area contributed by atoms with Crippen LogP contribution in [0.2, 0.25) is 0 Å². The van der Waals surface area contributed by atoms with E-state index in [1.807, 2.05) is 4.72 Å². The molecule has 0 aromatic carbocycles. The number of nitrogens with zero attached hydrogens (tertiary/aromatic N) is 1. The Bertz CT molecular complexity index is 413. The molecule has 7 nitrogen and oxygen atoms in total. The lowest BCUT2D eigenvalue weighted by Gasteiger charge is -2.37. The molecular weight excluding hydrogens is 282 g/mol. The molecule has 1 fully saturated rings. The normalized spacial score (nSPS) is 23.6. The quantitative estimate of drug-likeness (QED) is 0.756. The molecule has 0 bridgehead atoms. The molecule has 118 valence electrons. The fraction of sp³-hybridized carbons (Fsp3) is 0.917. The first-order valence-corrected chi connectivity index (χ1v) is 8.56. The van der Waals surface area contributed by atoms with E-state index in [0.29, 0.717) is 13.1 Å². The van der Waals surface area contributed by atoms with Crippen molar-refractivity contribution in [3.8, 4) is 0 Å². The number of hydrogen-bond acceptors (Lipinski definition) is 5. The Morgan fingerprint density at radius 3 is 2.55 bits per heavy atom. The number of nitrogens with one attached hydrogen (secondary N) is 1. The van der Waals surface area contributed by atoms with Crippen LogP contribution in [0.3, 0.4) is 0 Å². The van der Waals surface area contributed by atoms with Crippen molar-refractivity contribution in [2.24, 2.45) is 11.7 Å². The van der Waals surface area contributed by atoms with Gasteiger partial charge in [-0.05, 0) is 32.2 Å². The zero-order valence-electron chi connectivity index (χ0n) is 12.2. The molecule has 1 rings (SSSR count). The topological polar surface area (TPSA) is 102 Å². The van der Waals surface area contributed by atoms with Gasteiger partial charge in [0.1, 0.15) is 0 Å². The Morgan fingerprint density at radius 1 is 1.35 bits per heavy atom. The van der Waals surface area contributed by atoms with Gasteiger partial charge in [-0.15, -0.1) is 0 Å². The summed E-state index contributed by atoms with van der Waals surface area (Å²) < 4.78 is 32.5. The summed E-state index contributed by atoms with van der Waals surface area (Å²) in [5.74, 6) is 0.141. The largest absolute Gasteiger partial charge is 0.449 e. The van der Waals surface area contributed by atoms with Gasteiger partial charge in [0, 0.05) is 12.6 Å². The van der Waals surface area contributed by atoms with Gasteiger partial charge in [-0.1, -0.05) is 19.8 Å². The number of nitrogens with two attached hydrogens (primary N) is 1. The second kappa shape index (κ2) is 7.80. The van der Waals surface area contributed by atoms with Crippen LogP contribution in [-0.4, -0.2) is 44.6 Å². The molecule has 0 aromatic heterocycles. The second-order valence-electron chi connectivity index (χ2n) is 4.88. The number of rotatable bonds is 6. The van der Waals surface area contributed by atoms with E-state index in [1.54, 1.807) is 13.8 Å². The Hall–Kier alpha value is -0.860. The minimum absolute atomic E-state index is 0.127. The van der Waals surface area contributed by atoms with Crippen LogP contribution in [0.1, 0.15) is 39.5 Å². The van der Waals surface area contributed by atoms with E-state index in [2.05, 4.69) is 4.74 Å². The predicted molar refractivity (Wildman–Crippen MR) is 76.3 cm³/mol. The van der Waals surface area contributed by atoms with Crippen LogP contribution in [0.15, 0.2) is 0 Å². The molecule has 20 heavy (non-hydrogen) atoms. The molecule has 1 aliphatic carbocycles. The van der Waals surface area contributed by atoms with Crippen LogP contribution in [0, 0.1) is 5.92 Å². The van der Waals surface area contributed by atoms with Crippen molar-refractivity contribution in [3.05, 3.63) is 0 Å². The molecule has 8 heteroatoms. The molecule has 1 aliphatic rings. The molecule has 0 heterocycles. The first kappa shape index (κ1) is 17.2. The summed E-state index contributed by atoms with van der Waals surface area (Å²) in [5, 5.41) is 0. The average molecular weight is 307 g/mol. The molecule has 3 N–H and O–H groups in total. The third kappa shape index (κ3) is 4.32. The summed E-state index contributed by atoms with van der Waals surface area (Å²) in [6, 6.07) is -0.148. The first-order chi connectivity index (χ1) is 9.46. The minimum Gasteiger partial charge on any atom is -0.449 e. The molecule has 2 atom stereocenters. The van der Waals surface area contributed by atoms with Crippen molar-refractivity contribution in [1.29, 1.82) is 0 Å². The zero-order chi connectivity index (χ0) is 15.2. The van der Waals surface area contributed by atoms with Gasteiger partial charge in [-0.3, -0.25) is 0 Å². The summed E-state index contributed by atoms with van der Waals surface area (Å²) in [5.41, 5.74) is 5.74. The Kier molecular flexibility index (Phi) is 6.70. The van der Waals surface area contributed by atoms with Crippen LogP contribution in [0.4, 0.5) is 4.79 Å². The van der Waals surface area contributed by atoms with Gasteiger partial charge >= 0.3 is 16.3 Å². The zero-order valence-corrected chi connectivity index (χ0v) is 13.0. The van der Waals surface area contributed by atoms with Crippen molar-refractivity contribution >= 4 is 16.3 Å². The van der Waals surface area contributed by atoms with Crippen LogP contribution in [0.5, 0.6) is 0 Å². The number of carbonyl (C=O) groups excluding carboxylic acids is 1. The third-order valence-electron chi connectivity index (χ3n) is 3.65. The molecule has 1 saturated carbocycles. The standard InChI is InChI=1S/C12H25N3O4S/c1-3-15(11-8-6-5-7-10(11)9-13)20(17,18)14-12(16)19-4-2/h10-11H,3-9,13H2,1-2H3,(H,14,16). The van der Waals surface area contributed by atoms with Crippen LogP contribution < -0.4 is 10.5 Å². The summed E-state index contributed by atoms with van der Waals surface area (Å²) >= 11 is 0. The second-order valence-corrected chi connectivity index (χ2v) is 6.50. The van der Waals surface area contributed by atoms with Crippen molar-refractivity contribution in [3.63, 3.8) is 0 Å². The lowest BCUT2D eigenvalue weighted by Crippen LogP contribution is -2.52. The highest BCUT2D eigenvalue weighted by Gasteiger charge is 2.36. The van der Waals surface area contributed by atoms with Crippen molar-refractivity contribution in [2.45, 2.75) is 45.6 Å². The Morgan fingerprint density at radius 2 is 2.00 bits per heavy atom. The van der Waals surface area contributed by atoms with Crippen LogP contribution in [0.25, 0.3) is 0 Å². The highest BCUT2D eigenvalue weighted by molar-refractivity contribution is 7.87. The highest BCUT2D eigenvalue weighted by atomic mass is 32.2. The van der Waals surface area contributed by atoms with E-state index >= 15 is 0 Å². The lowest BCUT2D eigenvalue weighted by atomic mass is 9.84. The fourth-order valence-corrected chi connectivity index (χ4v) is 4.11. The number of hydrogen-bond donors (Lipinski definition) is 2. The maximum Gasteiger partial charge on any atom is 0.421 e. The van der Waals surface area contributed by atoms with Crippen molar-refractivity contribution in [1.82, 2.24) is 9.03 Å². The van der Waals surface area contributed by atoms with E-state index in [-0.39, 0.29) is 18.6 Å².